The van der Waals surface area contributed by atoms with Crippen molar-refractivity contribution >= 4 is 12.1 Å². The summed E-state index contributed by atoms with van der Waals surface area (Å²) < 4.78 is 10.4. The first-order valence-electron chi connectivity index (χ1n) is 9.54. The lowest BCUT2D eigenvalue weighted by molar-refractivity contribution is -0.153. The zero-order valence-electron chi connectivity index (χ0n) is 17.4. The number of nitrogens with one attached hydrogen (secondary N) is 1. The first-order chi connectivity index (χ1) is 11.5. The quantitative estimate of drug-likeness (QED) is 0.444. The summed E-state index contributed by atoms with van der Waals surface area (Å²) in [6.07, 6.45) is 4.59. The van der Waals surface area contributed by atoms with E-state index in [1.807, 2.05) is 0 Å². The van der Waals surface area contributed by atoms with Crippen LogP contribution in [0.15, 0.2) is 0 Å². The minimum atomic E-state index is -0.449. The van der Waals surface area contributed by atoms with Crippen LogP contribution >= 0.6 is 0 Å². The Morgan fingerprint density at radius 3 is 2.08 bits per heavy atom. The molecule has 0 aliphatic heterocycles. The molecule has 1 unspecified atom stereocenters. The second kappa shape index (κ2) is 11.4. The predicted octanol–water partition coefficient (Wildman–Crippen LogP) is 4.93. The molecule has 5 heteroatoms. The Morgan fingerprint density at radius 2 is 1.56 bits per heavy atom. The molecular weight excluding hydrogens is 318 g/mol. The van der Waals surface area contributed by atoms with Crippen LogP contribution in [0.2, 0.25) is 0 Å². The van der Waals surface area contributed by atoms with Crippen molar-refractivity contribution in [3.05, 3.63) is 0 Å². The van der Waals surface area contributed by atoms with Crippen molar-refractivity contribution in [3.63, 3.8) is 0 Å². The fourth-order valence-corrected chi connectivity index (χ4v) is 2.51. The van der Waals surface area contributed by atoms with Gasteiger partial charge in [0.15, 0.2) is 0 Å². The molecule has 0 aromatic rings. The summed E-state index contributed by atoms with van der Waals surface area (Å²) in [6, 6.07) is 0. The van der Waals surface area contributed by atoms with Crippen LogP contribution in [0.5, 0.6) is 0 Å². The number of alkyl carbamates (subject to hydrolysis) is 1. The van der Waals surface area contributed by atoms with Gasteiger partial charge < -0.3 is 14.8 Å². The van der Waals surface area contributed by atoms with E-state index in [-0.39, 0.29) is 35.9 Å². The SMILES string of the molecule is CCCCCCOC(=O)NCCOC(=O)C(CC(C)(C)C)C(C)(C)C. The maximum atomic E-state index is 12.4. The van der Waals surface area contributed by atoms with E-state index in [4.69, 9.17) is 9.47 Å². The van der Waals surface area contributed by atoms with Gasteiger partial charge in [-0.25, -0.2) is 4.79 Å². The summed E-state index contributed by atoms with van der Waals surface area (Å²) in [7, 11) is 0. The molecule has 0 aliphatic carbocycles. The Kier molecular flexibility index (Phi) is 10.8. The smallest absolute Gasteiger partial charge is 0.407 e. The molecule has 0 bridgehead atoms. The van der Waals surface area contributed by atoms with Gasteiger partial charge in [-0.1, -0.05) is 67.7 Å². The summed E-state index contributed by atoms with van der Waals surface area (Å²) in [5.74, 6) is -0.366. The summed E-state index contributed by atoms with van der Waals surface area (Å²) in [5.41, 5.74) is -0.105. The normalized spacial score (nSPS) is 13.2. The molecule has 0 spiro atoms. The van der Waals surface area contributed by atoms with Crippen molar-refractivity contribution in [1.29, 1.82) is 0 Å². The van der Waals surface area contributed by atoms with Gasteiger partial charge in [0.05, 0.1) is 19.1 Å². The molecule has 0 fully saturated rings. The Hall–Kier alpha value is -1.26. The van der Waals surface area contributed by atoms with Crippen LogP contribution < -0.4 is 5.32 Å². The van der Waals surface area contributed by atoms with E-state index in [0.717, 1.165) is 32.1 Å². The molecule has 0 aromatic carbocycles. The highest BCUT2D eigenvalue weighted by Gasteiger charge is 2.35. The van der Waals surface area contributed by atoms with Gasteiger partial charge >= 0.3 is 12.1 Å². The zero-order chi connectivity index (χ0) is 19.5. The molecule has 0 radical (unpaired) electrons. The number of ether oxygens (including phenoxy) is 2. The van der Waals surface area contributed by atoms with E-state index in [1.54, 1.807) is 0 Å². The average Bonchev–Trinajstić information content (AvgIpc) is 2.47. The number of rotatable bonds is 10. The minimum Gasteiger partial charge on any atom is -0.464 e. The molecule has 0 aliphatic rings. The van der Waals surface area contributed by atoms with Crippen molar-refractivity contribution in [2.45, 2.75) is 80.6 Å². The van der Waals surface area contributed by atoms with E-state index in [1.165, 1.54) is 0 Å². The van der Waals surface area contributed by atoms with Gasteiger partial charge in [0.2, 0.25) is 0 Å². The van der Waals surface area contributed by atoms with Gasteiger partial charge in [0.1, 0.15) is 6.61 Å². The van der Waals surface area contributed by atoms with Crippen LogP contribution in [0.25, 0.3) is 0 Å². The maximum absolute atomic E-state index is 12.4. The van der Waals surface area contributed by atoms with Crippen LogP contribution in [-0.2, 0) is 14.3 Å². The van der Waals surface area contributed by atoms with Crippen LogP contribution in [0.1, 0.15) is 80.6 Å². The fraction of sp³-hybridized carbons (Fsp3) is 0.900. The topological polar surface area (TPSA) is 64.6 Å². The Bertz CT molecular complexity index is 393. The third-order valence-corrected chi connectivity index (χ3v) is 3.99. The highest BCUT2D eigenvalue weighted by molar-refractivity contribution is 5.73. The van der Waals surface area contributed by atoms with Gasteiger partial charge in [0, 0.05) is 0 Å². The molecule has 0 rings (SSSR count). The summed E-state index contributed by atoms with van der Waals surface area (Å²) in [4.78, 5) is 23.9. The molecule has 0 saturated heterocycles. The molecule has 1 atom stereocenters. The third-order valence-electron chi connectivity index (χ3n) is 3.99. The minimum absolute atomic E-state index is 0.0524. The molecule has 1 amide bonds. The highest BCUT2D eigenvalue weighted by atomic mass is 16.6. The van der Waals surface area contributed by atoms with Gasteiger partial charge in [-0.05, 0) is 23.7 Å². The fourth-order valence-electron chi connectivity index (χ4n) is 2.51. The van der Waals surface area contributed by atoms with E-state index >= 15 is 0 Å². The molecule has 0 aromatic heterocycles. The van der Waals surface area contributed by atoms with E-state index in [9.17, 15) is 9.59 Å². The predicted molar refractivity (Wildman–Crippen MR) is 101 cm³/mol. The largest absolute Gasteiger partial charge is 0.464 e. The van der Waals surface area contributed by atoms with Gasteiger partial charge in [-0.3, -0.25) is 4.79 Å². The third kappa shape index (κ3) is 12.7. The molecule has 25 heavy (non-hydrogen) atoms. The number of carbonyl (C=O) groups is 2. The molecule has 0 saturated carbocycles. The van der Waals surface area contributed by atoms with Crippen LogP contribution in [0.3, 0.4) is 0 Å². The van der Waals surface area contributed by atoms with Crippen molar-refractivity contribution in [2.75, 3.05) is 19.8 Å². The van der Waals surface area contributed by atoms with Crippen molar-refractivity contribution in [2.24, 2.45) is 16.7 Å². The molecular formula is C20H39NO4. The Balaban J connectivity index is 4.08. The number of esters is 1. The standard InChI is InChI=1S/C20H39NO4/c1-8-9-10-11-13-25-18(23)21-12-14-24-17(22)16(20(5,6)7)15-19(2,3)4/h16H,8-15H2,1-7H3,(H,21,23). The first kappa shape index (κ1) is 23.7. The average molecular weight is 358 g/mol. The lowest BCUT2D eigenvalue weighted by Crippen LogP contribution is -2.35. The van der Waals surface area contributed by atoms with Crippen LogP contribution in [0, 0.1) is 16.7 Å². The highest BCUT2D eigenvalue weighted by Crippen LogP contribution is 2.36. The Labute approximate surface area is 154 Å². The number of hydrogen-bond donors (Lipinski definition) is 1. The summed E-state index contributed by atoms with van der Waals surface area (Å²) in [5, 5.41) is 2.62. The van der Waals surface area contributed by atoms with E-state index in [0.29, 0.717) is 6.61 Å². The van der Waals surface area contributed by atoms with Gasteiger partial charge in [-0.2, -0.15) is 0 Å². The molecule has 0 heterocycles. The van der Waals surface area contributed by atoms with E-state index < -0.39 is 6.09 Å². The Morgan fingerprint density at radius 1 is 0.920 bits per heavy atom. The zero-order valence-corrected chi connectivity index (χ0v) is 17.4. The monoisotopic (exact) mass is 357 g/mol. The molecule has 1 N–H and O–H groups in total. The first-order valence-corrected chi connectivity index (χ1v) is 9.54. The molecule has 5 nitrogen and oxygen atoms in total. The number of hydrogen-bond acceptors (Lipinski definition) is 4. The van der Waals surface area contributed by atoms with Crippen LogP contribution in [-0.4, -0.2) is 31.8 Å². The van der Waals surface area contributed by atoms with Crippen molar-refractivity contribution < 1.29 is 19.1 Å². The lowest BCUT2D eigenvalue weighted by Gasteiger charge is -2.33. The summed E-state index contributed by atoms with van der Waals surface area (Å²) >= 11 is 0. The summed E-state index contributed by atoms with van der Waals surface area (Å²) in [6.45, 7) is 15.5. The van der Waals surface area contributed by atoms with Crippen LogP contribution in [0.4, 0.5) is 4.79 Å². The lowest BCUT2D eigenvalue weighted by atomic mass is 9.72. The second-order valence-electron chi connectivity index (χ2n) is 8.97. The number of carbonyl (C=O) groups excluding carboxylic acids is 2. The molecule has 148 valence electrons. The number of amides is 1. The number of unbranched alkanes of at least 4 members (excludes halogenated alkanes) is 3. The van der Waals surface area contributed by atoms with Crippen molar-refractivity contribution in [3.8, 4) is 0 Å². The van der Waals surface area contributed by atoms with Gasteiger partial charge in [0.25, 0.3) is 0 Å². The van der Waals surface area contributed by atoms with Crippen molar-refractivity contribution in [1.82, 2.24) is 5.32 Å². The second-order valence-corrected chi connectivity index (χ2v) is 8.97. The van der Waals surface area contributed by atoms with Gasteiger partial charge in [-0.15, -0.1) is 0 Å². The van der Waals surface area contributed by atoms with E-state index in [2.05, 4.69) is 53.8 Å². The maximum Gasteiger partial charge on any atom is 0.407 e.